The Morgan fingerprint density at radius 2 is 2.19 bits per heavy atom. The molecule has 1 aliphatic heterocycles. The van der Waals surface area contributed by atoms with Gasteiger partial charge in [-0.3, -0.25) is 14.3 Å². The smallest absolute Gasteiger partial charge is 0.408 e. The van der Waals surface area contributed by atoms with Crippen LogP contribution in [0.4, 0.5) is 18.9 Å². The van der Waals surface area contributed by atoms with E-state index >= 15 is 0 Å². The van der Waals surface area contributed by atoms with Crippen molar-refractivity contribution in [1.82, 2.24) is 15.1 Å². The quantitative estimate of drug-likeness (QED) is 0.873. The van der Waals surface area contributed by atoms with Crippen LogP contribution >= 0.6 is 0 Å². The Hall–Kier alpha value is -2.78. The Morgan fingerprint density at radius 3 is 2.85 bits per heavy atom. The SMILES string of the molecule is Cc1ccc(CNC(=O)C2CC(=O)N(c3cnn(CC(F)(F)F)c3)C2)o1. The predicted molar refractivity (Wildman–Crippen MR) is 84.0 cm³/mol. The van der Waals surface area contributed by atoms with Crippen LogP contribution in [0.25, 0.3) is 0 Å². The van der Waals surface area contributed by atoms with Crippen molar-refractivity contribution in [2.75, 3.05) is 11.4 Å². The largest absolute Gasteiger partial charge is 0.465 e. The Labute approximate surface area is 146 Å². The standard InChI is InChI=1S/C16H17F3N4O3/c1-10-2-3-13(26-10)6-20-15(25)11-4-14(24)23(7-11)12-5-21-22(8-12)9-16(17,18)19/h2-3,5,8,11H,4,6-7,9H2,1H3,(H,20,25). The van der Waals surface area contributed by atoms with Gasteiger partial charge in [0.25, 0.3) is 0 Å². The van der Waals surface area contributed by atoms with Crippen molar-refractivity contribution in [1.29, 1.82) is 0 Å². The fourth-order valence-corrected chi connectivity index (χ4v) is 2.79. The van der Waals surface area contributed by atoms with Crippen LogP contribution in [0.5, 0.6) is 0 Å². The average molecular weight is 370 g/mol. The molecule has 0 saturated carbocycles. The molecule has 1 fully saturated rings. The minimum Gasteiger partial charge on any atom is -0.465 e. The highest BCUT2D eigenvalue weighted by atomic mass is 19.4. The van der Waals surface area contributed by atoms with Gasteiger partial charge in [-0.05, 0) is 19.1 Å². The van der Waals surface area contributed by atoms with E-state index in [1.54, 1.807) is 19.1 Å². The van der Waals surface area contributed by atoms with Crippen molar-refractivity contribution in [2.45, 2.75) is 32.6 Å². The first-order valence-corrected chi connectivity index (χ1v) is 7.94. The van der Waals surface area contributed by atoms with Crippen LogP contribution in [-0.4, -0.2) is 34.3 Å². The lowest BCUT2D eigenvalue weighted by Gasteiger charge is -2.14. The second-order valence-corrected chi connectivity index (χ2v) is 6.15. The second kappa shape index (κ2) is 6.85. The van der Waals surface area contributed by atoms with Crippen LogP contribution in [-0.2, 0) is 22.7 Å². The number of rotatable bonds is 5. The van der Waals surface area contributed by atoms with Crippen LogP contribution in [0.15, 0.2) is 28.9 Å². The molecule has 3 heterocycles. The fourth-order valence-electron chi connectivity index (χ4n) is 2.79. The summed E-state index contributed by atoms with van der Waals surface area (Å²) >= 11 is 0. The van der Waals surface area contributed by atoms with E-state index in [1.807, 2.05) is 0 Å². The van der Waals surface area contributed by atoms with Crippen molar-refractivity contribution in [3.63, 3.8) is 0 Å². The van der Waals surface area contributed by atoms with Gasteiger partial charge in [0.1, 0.15) is 18.1 Å². The fraction of sp³-hybridized carbons (Fsp3) is 0.438. The lowest BCUT2D eigenvalue weighted by molar-refractivity contribution is -0.142. The van der Waals surface area contributed by atoms with Crippen LogP contribution in [0, 0.1) is 12.8 Å². The maximum atomic E-state index is 12.4. The number of halogens is 3. The molecule has 0 aliphatic carbocycles. The number of alkyl halides is 3. The van der Waals surface area contributed by atoms with Crippen LogP contribution in [0.3, 0.4) is 0 Å². The number of carbonyl (C=O) groups is 2. The Balaban J connectivity index is 1.58. The molecule has 2 amide bonds. The minimum absolute atomic E-state index is 0.00648. The molecule has 0 radical (unpaired) electrons. The monoisotopic (exact) mass is 370 g/mol. The Morgan fingerprint density at radius 1 is 1.42 bits per heavy atom. The lowest BCUT2D eigenvalue weighted by Crippen LogP contribution is -2.32. The van der Waals surface area contributed by atoms with Gasteiger partial charge in [0.2, 0.25) is 11.8 Å². The highest BCUT2D eigenvalue weighted by Crippen LogP contribution is 2.26. The molecule has 3 rings (SSSR count). The first-order valence-electron chi connectivity index (χ1n) is 7.94. The molecular weight excluding hydrogens is 353 g/mol. The third-order valence-corrected chi connectivity index (χ3v) is 4.00. The maximum absolute atomic E-state index is 12.4. The first-order chi connectivity index (χ1) is 12.2. The summed E-state index contributed by atoms with van der Waals surface area (Å²) in [6.07, 6.45) is -2.06. The van der Waals surface area contributed by atoms with Crippen molar-refractivity contribution < 1.29 is 27.2 Å². The minimum atomic E-state index is -4.40. The molecule has 1 saturated heterocycles. The van der Waals surface area contributed by atoms with Crippen LogP contribution < -0.4 is 10.2 Å². The second-order valence-electron chi connectivity index (χ2n) is 6.15. The zero-order valence-corrected chi connectivity index (χ0v) is 13.9. The van der Waals surface area contributed by atoms with Gasteiger partial charge in [-0.25, -0.2) is 0 Å². The molecule has 7 nitrogen and oxygen atoms in total. The van der Waals surface area contributed by atoms with Crippen molar-refractivity contribution in [3.05, 3.63) is 36.0 Å². The van der Waals surface area contributed by atoms with Crippen molar-refractivity contribution in [3.8, 4) is 0 Å². The number of carbonyl (C=O) groups excluding carboxylic acids is 2. The normalized spacial score (nSPS) is 17.8. The summed E-state index contributed by atoms with van der Waals surface area (Å²) in [6, 6.07) is 3.53. The third kappa shape index (κ3) is 4.24. The average Bonchev–Trinajstić information content (AvgIpc) is 3.24. The summed E-state index contributed by atoms with van der Waals surface area (Å²) in [7, 11) is 0. The van der Waals surface area contributed by atoms with E-state index in [2.05, 4.69) is 10.4 Å². The predicted octanol–water partition coefficient (Wildman–Crippen LogP) is 2.02. The number of furan rings is 1. The summed E-state index contributed by atoms with van der Waals surface area (Å²) in [5.74, 6) is 0.116. The summed E-state index contributed by atoms with van der Waals surface area (Å²) < 4.78 is 43.3. The van der Waals surface area contributed by atoms with Crippen molar-refractivity contribution in [2.24, 2.45) is 5.92 Å². The van der Waals surface area contributed by atoms with Gasteiger partial charge < -0.3 is 14.6 Å². The van der Waals surface area contributed by atoms with Crippen LogP contribution in [0.1, 0.15) is 17.9 Å². The lowest BCUT2D eigenvalue weighted by atomic mass is 10.1. The number of aryl methyl sites for hydroxylation is 1. The maximum Gasteiger partial charge on any atom is 0.408 e. The molecular formula is C16H17F3N4O3. The topological polar surface area (TPSA) is 80.4 Å². The Kier molecular flexibility index (Phi) is 4.75. The number of nitrogens with zero attached hydrogens (tertiary/aromatic N) is 3. The summed E-state index contributed by atoms with van der Waals surface area (Å²) in [5, 5.41) is 6.32. The number of nitrogens with one attached hydrogen (secondary N) is 1. The van der Waals surface area contributed by atoms with E-state index in [0.29, 0.717) is 5.76 Å². The molecule has 26 heavy (non-hydrogen) atoms. The molecule has 2 aromatic heterocycles. The molecule has 0 aromatic carbocycles. The van der Waals surface area contributed by atoms with Gasteiger partial charge in [0, 0.05) is 19.2 Å². The van der Waals surface area contributed by atoms with Gasteiger partial charge in [0.15, 0.2) is 0 Å². The summed E-state index contributed by atoms with van der Waals surface area (Å²) in [4.78, 5) is 25.6. The van der Waals surface area contributed by atoms with Gasteiger partial charge in [-0.1, -0.05) is 0 Å². The van der Waals surface area contributed by atoms with E-state index < -0.39 is 18.6 Å². The number of aromatic nitrogens is 2. The molecule has 1 atom stereocenters. The van der Waals surface area contributed by atoms with E-state index in [9.17, 15) is 22.8 Å². The number of amides is 2. The highest BCUT2D eigenvalue weighted by molar-refractivity contribution is 6.00. The van der Waals surface area contributed by atoms with Crippen molar-refractivity contribution >= 4 is 17.5 Å². The van der Waals surface area contributed by atoms with Crippen LogP contribution in [0.2, 0.25) is 0 Å². The number of anilines is 1. The Bertz CT molecular complexity index is 812. The number of hydrogen-bond donors (Lipinski definition) is 1. The zero-order valence-electron chi connectivity index (χ0n) is 13.9. The van der Waals surface area contributed by atoms with E-state index in [-0.39, 0.29) is 37.0 Å². The molecule has 140 valence electrons. The molecule has 2 aromatic rings. The first kappa shape index (κ1) is 18.0. The van der Waals surface area contributed by atoms with E-state index in [0.717, 1.165) is 16.6 Å². The van der Waals surface area contributed by atoms with Gasteiger partial charge >= 0.3 is 6.18 Å². The van der Waals surface area contributed by atoms with E-state index in [4.69, 9.17) is 4.42 Å². The third-order valence-electron chi connectivity index (χ3n) is 4.00. The molecule has 1 N–H and O–H groups in total. The zero-order chi connectivity index (χ0) is 18.9. The molecule has 1 aliphatic rings. The van der Waals surface area contributed by atoms with Gasteiger partial charge in [-0.15, -0.1) is 0 Å². The molecule has 0 bridgehead atoms. The molecule has 10 heteroatoms. The molecule has 0 spiro atoms. The summed E-state index contributed by atoms with van der Waals surface area (Å²) in [6.45, 7) is 0.861. The van der Waals surface area contributed by atoms with E-state index in [1.165, 1.54) is 11.1 Å². The van der Waals surface area contributed by atoms with Gasteiger partial charge in [0.05, 0.1) is 24.3 Å². The molecule has 1 unspecified atom stereocenters. The highest BCUT2D eigenvalue weighted by Gasteiger charge is 2.36. The summed E-state index contributed by atoms with van der Waals surface area (Å²) in [5.41, 5.74) is 0.246. The number of hydrogen-bond acceptors (Lipinski definition) is 4. The van der Waals surface area contributed by atoms with Gasteiger partial charge in [-0.2, -0.15) is 18.3 Å².